The number of esters is 1. The largest absolute Gasteiger partial charge is 0.469 e. The van der Waals surface area contributed by atoms with Crippen LogP contribution in [0.1, 0.15) is 20.3 Å². The number of ether oxygens (including phenoxy) is 1. The smallest absolute Gasteiger partial charge is 0.314 e. The van der Waals surface area contributed by atoms with Crippen LogP contribution in [0.4, 0.5) is 10.1 Å². The van der Waals surface area contributed by atoms with Crippen LogP contribution in [0.15, 0.2) is 24.3 Å². The molecule has 1 N–H and O–H groups in total. The van der Waals surface area contributed by atoms with Crippen LogP contribution in [0.25, 0.3) is 0 Å². The van der Waals surface area contributed by atoms with Crippen molar-refractivity contribution in [1.29, 1.82) is 0 Å². The molecule has 2 fully saturated rings. The zero-order valence-electron chi connectivity index (χ0n) is 14.3. The van der Waals surface area contributed by atoms with Crippen molar-refractivity contribution in [1.82, 2.24) is 4.90 Å². The minimum Gasteiger partial charge on any atom is -0.469 e. The van der Waals surface area contributed by atoms with E-state index in [0.29, 0.717) is 18.8 Å². The zero-order chi connectivity index (χ0) is 17.5. The van der Waals surface area contributed by atoms with Crippen LogP contribution in [0.2, 0.25) is 0 Å². The van der Waals surface area contributed by atoms with Crippen LogP contribution in [0.5, 0.6) is 0 Å². The van der Waals surface area contributed by atoms with Crippen LogP contribution in [-0.2, 0) is 14.3 Å². The van der Waals surface area contributed by atoms with E-state index in [1.807, 2.05) is 0 Å². The Morgan fingerprint density at radius 2 is 2.08 bits per heavy atom. The van der Waals surface area contributed by atoms with Gasteiger partial charge in [0.1, 0.15) is 5.82 Å². The van der Waals surface area contributed by atoms with Gasteiger partial charge in [-0.05, 0) is 29.9 Å². The van der Waals surface area contributed by atoms with Crippen molar-refractivity contribution >= 4 is 17.6 Å². The molecular formula is C18H23FN2O3. The average Bonchev–Trinajstić information content (AvgIpc) is 2.89. The summed E-state index contributed by atoms with van der Waals surface area (Å²) in [5.74, 6) is -0.648. The third-order valence-corrected chi connectivity index (χ3v) is 5.51. The van der Waals surface area contributed by atoms with Gasteiger partial charge in [-0.2, -0.15) is 0 Å². The number of methoxy groups -OCH3 is 1. The Kier molecular flexibility index (Phi) is 4.01. The van der Waals surface area contributed by atoms with Gasteiger partial charge in [0.05, 0.1) is 24.8 Å². The second kappa shape index (κ2) is 5.76. The summed E-state index contributed by atoms with van der Waals surface area (Å²) in [7, 11) is 1.39. The molecule has 1 aliphatic heterocycles. The Bertz CT molecular complexity index is 676. The first-order chi connectivity index (χ1) is 11.3. The van der Waals surface area contributed by atoms with Gasteiger partial charge in [0.2, 0.25) is 5.91 Å². The molecular weight excluding hydrogens is 311 g/mol. The van der Waals surface area contributed by atoms with E-state index in [1.165, 1.54) is 13.2 Å². The van der Waals surface area contributed by atoms with Gasteiger partial charge >= 0.3 is 5.97 Å². The fourth-order valence-electron chi connectivity index (χ4n) is 4.45. The van der Waals surface area contributed by atoms with Crippen molar-refractivity contribution in [2.24, 2.45) is 16.7 Å². The van der Waals surface area contributed by atoms with Crippen molar-refractivity contribution in [3.8, 4) is 0 Å². The van der Waals surface area contributed by atoms with Gasteiger partial charge < -0.3 is 15.0 Å². The predicted molar refractivity (Wildman–Crippen MR) is 87.8 cm³/mol. The number of hydrogen-bond donors (Lipinski definition) is 1. The quantitative estimate of drug-likeness (QED) is 0.859. The van der Waals surface area contributed by atoms with E-state index in [2.05, 4.69) is 19.2 Å². The highest BCUT2D eigenvalue weighted by Crippen LogP contribution is 2.63. The Hall–Kier alpha value is -2.11. The Labute approximate surface area is 141 Å². The first-order valence-corrected chi connectivity index (χ1v) is 8.15. The lowest BCUT2D eigenvalue weighted by atomic mass is 9.48. The van der Waals surface area contributed by atoms with Gasteiger partial charge in [-0.15, -0.1) is 0 Å². The zero-order valence-corrected chi connectivity index (χ0v) is 14.3. The molecule has 1 saturated carbocycles. The number of fused-ring (bicyclic) bond motifs is 1. The van der Waals surface area contributed by atoms with Gasteiger partial charge in [-0.25, -0.2) is 4.39 Å². The van der Waals surface area contributed by atoms with E-state index in [4.69, 9.17) is 4.74 Å². The first kappa shape index (κ1) is 16.7. The van der Waals surface area contributed by atoms with E-state index in [1.54, 1.807) is 23.1 Å². The second-order valence-corrected chi connectivity index (χ2v) is 7.47. The van der Waals surface area contributed by atoms with Gasteiger partial charge in [0.15, 0.2) is 0 Å². The lowest BCUT2D eigenvalue weighted by Crippen LogP contribution is -2.57. The van der Waals surface area contributed by atoms with E-state index < -0.39 is 5.41 Å². The van der Waals surface area contributed by atoms with Crippen molar-refractivity contribution in [3.63, 3.8) is 0 Å². The highest BCUT2D eigenvalue weighted by Gasteiger charge is 2.67. The minimum absolute atomic E-state index is 0.00529. The maximum Gasteiger partial charge on any atom is 0.314 e. The third kappa shape index (κ3) is 2.54. The van der Waals surface area contributed by atoms with Gasteiger partial charge in [-0.1, -0.05) is 26.0 Å². The molecule has 0 radical (unpaired) electrons. The Morgan fingerprint density at radius 1 is 1.38 bits per heavy atom. The molecule has 2 atom stereocenters. The normalized spacial score (nSPS) is 27.2. The van der Waals surface area contributed by atoms with Crippen molar-refractivity contribution < 1.29 is 18.7 Å². The monoisotopic (exact) mass is 334 g/mol. The van der Waals surface area contributed by atoms with Crippen LogP contribution in [0.3, 0.4) is 0 Å². The molecule has 1 aromatic rings. The molecule has 0 spiro atoms. The number of hydrogen-bond acceptors (Lipinski definition) is 4. The molecule has 0 bridgehead atoms. The number of benzene rings is 1. The summed E-state index contributed by atoms with van der Waals surface area (Å²) in [4.78, 5) is 26.5. The molecule has 1 amide bonds. The lowest BCUT2D eigenvalue weighted by molar-refractivity contribution is -0.174. The number of likely N-dealkylation sites (tertiary alicyclic amines) is 1. The summed E-state index contributed by atoms with van der Waals surface area (Å²) in [5, 5.41) is 2.83. The number of anilines is 1. The maximum atomic E-state index is 13.6. The summed E-state index contributed by atoms with van der Waals surface area (Å²) in [5.41, 5.74) is -0.260. The summed E-state index contributed by atoms with van der Waals surface area (Å²) in [6.07, 6.45) is 0.724. The van der Waals surface area contributed by atoms with Gasteiger partial charge in [0, 0.05) is 13.1 Å². The molecule has 6 heteroatoms. The molecule has 130 valence electrons. The molecule has 5 nitrogen and oxygen atoms in total. The number of carbonyl (C=O) groups is 2. The number of nitrogens with zero attached hydrogens (tertiary/aromatic N) is 1. The standard InChI is InChI=1S/C18H23FN2O3/c1-17(2)10-18(16(23)24-3)11-21(9-14(17)18)15(22)8-20-13-7-5-4-6-12(13)19/h4-7,14,20H,8-11H2,1-3H3/t14-,18+/m1/s1. The highest BCUT2D eigenvalue weighted by atomic mass is 19.1. The fraction of sp³-hybridized carbons (Fsp3) is 0.556. The highest BCUT2D eigenvalue weighted by molar-refractivity contribution is 5.85. The average molecular weight is 334 g/mol. The van der Waals surface area contributed by atoms with Crippen LogP contribution in [-0.4, -0.2) is 43.5 Å². The van der Waals surface area contributed by atoms with Crippen LogP contribution < -0.4 is 5.32 Å². The summed E-state index contributed by atoms with van der Waals surface area (Å²) in [6.45, 7) is 5.16. The Morgan fingerprint density at radius 3 is 2.71 bits per heavy atom. The molecule has 1 aromatic carbocycles. The molecule has 0 aromatic heterocycles. The fourth-order valence-corrected chi connectivity index (χ4v) is 4.45. The topological polar surface area (TPSA) is 58.6 Å². The number of rotatable bonds is 4. The molecule has 1 heterocycles. The van der Waals surface area contributed by atoms with E-state index >= 15 is 0 Å². The van der Waals surface area contributed by atoms with Crippen LogP contribution >= 0.6 is 0 Å². The number of amides is 1. The SMILES string of the molecule is COC(=O)[C@@]12CN(C(=O)CNc3ccccc3F)C[C@@H]1C(C)(C)C2. The summed E-state index contributed by atoms with van der Waals surface area (Å²) < 4.78 is 18.6. The number of halogens is 1. The molecule has 3 rings (SSSR count). The maximum absolute atomic E-state index is 13.6. The van der Waals surface area contributed by atoms with Crippen LogP contribution in [0, 0.1) is 22.6 Å². The van der Waals surface area contributed by atoms with E-state index in [-0.39, 0.29) is 35.6 Å². The molecule has 24 heavy (non-hydrogen) atoms. The molecule has 2 aliphatic rings. The first-order valence-electron chi connectivity index (χ1n) is 8.15. The van der Waals surface area contributed by atoms with E-state index in [9.17, 15) is 14.0 Å². The van der Waals surface area contributed by atoms with Crippen molar-refractivity contribution in [2.75, 3.05) is 32.1 Å². The van der Waals surface area contributed by atoms with Gasteiger partial charge in [-0.3, -0.25) is 9.59 Å². The molecule has 1 aliphatic carbocycles. The van der Waals surface area contributed by atoms with Crippen molar-refractivity contribution in [2.45, 2.75) is 20.3 Å². The number of nitrogens with one attached hydrogen (secondary N) is 1. The second-order valence-electron chi connectivity index (χ2n) is 7.47. The van der Waals surface area contributed by atoms with Gasteiger partial charge in [0.25, 0.3) is 0 Å². The number of carbonyl (C=O) groups excluding carboxylic acids is 2. The summed E-state index contributed by atoms with van der Waals surface area (Å²) >= 11 is 0. The Balaban J connectivity index is 1.67. The van der Waals surface area contributed by atoms with E-state index in [0.717, 1.165) is 6.42 Å². The predicted octanol–water partition coefficient (Wildman–Crippen LogP) is 2.29. The minimum atomic E-state index is -0.577. The molecule has 1 saturated heterocycles. The summed E-state index contributed by atoms with van der Waals surface area (Å²) in [6, 6.07) is 6.25. The third-order valence-electron chi connectivity index (χ3n) is 5.51. The molecule has 0 unspecified atom stereocenters. The van der Waals surface area contributed by atoms with Crippen molar-refractivity contribution in [3.05, 3.63) is 30.1 Å². The lowest BCUT2D eigenvalue weighted by Gasteiger charge is -2.54. The number of para-hydroxylation sites is 1.